The number of thioether (sulfide) groups is 1. The molecule has 0 saturated carbocycles. The lowest BCUT2D eigenvalue weighted by molar-refractivity contribution is -0.123. The number of benzene rings is 3. The van der Waals surface area contributed by atoms with E-state index in [9.17, 15) is 14.0 Å². The third-order valence-corrected chi connectivity index (χ3v) is 7.21. The number of hydrogen-bond acceptors (Lipinski definition) is 3. The fourth-order valence-corrected chi connectivity index (χ4v) is 5.12. The lowest BCUT2D eigenvalue weighted by Crippen LogP contribution is -2.27. The highest BCUT2D eigenvalue weighted by Gasteiger charge is 2.35. The van der Waals surface area contributed by atoms with Crippen LogP contribution in [0.25, 0.3) is 17.0 Å². The molecular formula is C26H18BrFN2O2S. The third kappa shape index (κ3) is 4.38. The Morgan fingerprint density at radius 2 is 1.64 bits per heavy atom. The molecule has 7 heteroatoms. The Balaban J connectivity index is 1.46. The smallest absolute Gasteiger partial charge is 0.293 e. The molecule has 0 bridgehead atoms. The van der Waals surface area contributed by atoms with Gasteiger partial charge in [0.25, 0.3) is 11.1 Å². The summed E-state index contributed by atoms with van der Waals surface area (Å²) in [5, 5.41) is 0.703. The molecule has 0 unspecified atom stereocenters. The number of fused-ring (bicyclic) bond motifs is 1. The summed E-state index contributed by atoms with van der Waals surface area (Å²) in [7, 11) is 0. The number of para-hydroxylation sites is 1. The van der Waals surface area contributed by atoms with E-state index in [2.05, 4.69) is 20.5 Å². The van der Waals surface area contributed by atoms with Crippen molar-refractivity contribution in [3.63, 3.8) is 0 Å². The highest BCUT2D eigenvalue weighted by molar-refractivity contribution is 9.10. The minimum atomic E-state index is -0.295. The van der Waals surface area contributed by atoms with Gasteiger partial charge in [-0.2, -0.15) is 0 Å². The minimum absolute atomic E-state index is 0.218. The zero-order valence-electron chi connectivity index (χ0n) is 17.4. The highest BCUT2D eigenvalue weighted by Crippen LogP contribution is 2.35. The van der Waals surface area contributed by atoms with Crippen LogP contribution in [0, 0.1) is 5.82 Å². The Hall–Kier alpha value is -3.16. The van der Waals surface area contributed by atoms with Gasteiger partial charge in [0.2, 0.25) is 0 Å². The van der Waals surface area contributed by atoms with Crippen LogP contribution in [0.2, 0.25) is 0 Å². The van der Waals surface area contributed by atoms with Crippen LogP contribution in [-0.2, 0) is 17.9 Å². The second kappa shape index (κ2) is 9.00. The number of rotatable bonds is 5. The molecule has 1 aliphatic rings. The normalized spacial score (nSPS) is 15.2. The molecular weight excluding hydrogens is 503 g/mol. The average molecular weight is 521 g/mol. The number of imide groups is 1. The van der Waals surface area contributed by atoms with E-state index in [1.54, 1.807) is 18.2 Å². The predicted octanol–water partition coefficient (Wildman–Crippen LogP) is 6.83. The fourth-order valence-electron chi connectivity index (χ4n) is 3.88. The molecule has 164 valence electrons. The summed E-state index contributed by atoms with van der Waals surface area (Å²) in [6.45, 7) is 0.786. The summed E-state index contributed by atoms with van der Waals surface area (Å²) in [4.78, 5) is 27.3. The summed E-state index contributed by atoms with van der Waals surface area (Å²) in [5.41, 5.74) is 3.70. The van der Waals surface area contributed by atoms with Crippen LogP contribution < -0.4 is 0 Å². The Kier molecular flexibility index (Phi) is 5.91. The van der Waals surface area contributed by atoms with Crippen molar-refractivity contribution in [2.45, 2.75) is 13.1 Å². The van der Waals surface area contributed by atoms with Gasteiger partial charge >= 0.3 is 0 Å². The molecule has 33 heavy (non-hydrogen) atoms. The topological polar surface area (TPSA) is 42.3 Å². The molecule has 1 fully saturated rings. The molecule has 0 radical (unpaired) electrons. The van der Waals surface area contributed by atoms with Gasteiger partial charge in [0, 0.05) is 33.7 Å². The van der Waals surface area contributed by atoms with E-state index in [4.69, 9.17) is 0 Å². The first-order valence-electron chi connectivity index (χ1n) is 10.3. The first kappa shape index (κ1) is 21.7. The van der Waals surface area contributed by atoms with E-state index in [1.165, 1.54) is 17.0 Å². The second-order valence-electron chi connectivity index (χ2n) is 7.72. The molecule has 4 nitrogen and oxygen atoms in total. The highest BCUT2D eigenvalue weighted by atomic mass is 79.9. The van der Waals surface area contributed by atoms with Gasteiger partial charge in [0.05, 0.1) is 11.4 Å². The number of hydrogen-bond donors (Lipinski definition) is 0. The van der Waals surface area contributed by atoms with Crippen molar-refractivity contribution in [1.82, 2.24) is 9.47 Å². The van der Waals surface area contributed by atoms with Crippen molar-refractivity contribution in [2.75, 3.05) is 0 Å². The van der Waals surface area contributed by atoms with E-state index in [0.29, 0.717) is 11.4 Å². The molecule has 2 heterocycles. The molecule has 0 atom stereocenters. The summed E-state index contributed by atoms with van der Waals surface area (Å²) < 4.78 is 16.2. The zero-order valence-corrected chi connectivity index (χ0v) is 19.8. The number of carbonyl (C=O) groups excluding carboxylic acids is 2. The molecule has 1 saturated heterocycles. The van der Waals surface area contributed by atoms with Crippen LogP contribution in [0.5, 0.6) is 0 Å². The SMILES string of the molecule is O=C1S/C(=C\c2cn(Cc3ccc(F)cc3)c3ccccc23)C(=O)N1Cc1ccccc1Br. The van der Waals surface area contributed by atoms with Crippen LogP contribution in [0.1, 0.15) is 16.7 Å². The Morgan fingerprint density at radius 1 is 0.909 bits per heavy atom. The quantitative estimate of drug-likeness (QED) is 0.271. The Labute approximate surface area is 202 Å². The van der Waals surface area contributed by atoms with Gasteiger partial charge < -0.3 is 4.57 Å². The molecule has 5 rings (SSSR count). The van der Waals surface area contributed by atoms with Crippen molar-refractivity contribution in [2.24, 2.45) is 0 Å². The van der Waals surface area contributed by atoms with Crippen molar-refractivity contribution >= 4 is 55.8 Å². The summed E-state index contributed by atoms with van der Waals surface area (Å²) in [5.74, 6) is -0.564. The van der Waals surface area contributed by atoms with Gasteiger partial charge in [-0.1, -0.05) is 64.5 Å². The first-order valence-corrected chi connectivity index (χ1v) is 11.9. The number of carbonyl (C=O) groups is 2. The maximum Gasteiger partial charge on any atom is 0.293 e. The molecule has 2 amide bonds. The predicted molar refractivity (Wildman–Crippen MR) is 133 cm³/mol. The first-order chi connectivity index (χ1) is 16.0. The fraction of sp³-hybridized carbons (Fsp3) is 0.0769. The van der Waals surface area contributed by atoms with E-state index in [0.717, 1.165) is 43.8 Å². The Morgan fingerprint density at radius 3 is 2.42 bits per heavy atom. The molecule has 1 aromatic heterocycles. The average Bonchev–Trinajstić information content (AvgIpc) is 3.29. The zero-order chi connectivity index (χ0) is 22.9. The van der Waals surface area contributed by atoms with Crippen LogP contribution in [-0.4, -0.2) is 20.6 Å². The maximum atomic E-state index is 13.3. The molecule has 0 aliphatic carbocycles. The number of nitrogens with zero attached hydrogens (tertiary/aromatic N) is 2. The number of aromatic nitrogens is 1. The molecule has 4 aromatic rings. The van der Waals surface area contributed by atoms with E-state index in [-0.39, 0.29) is 23.5 Å². The summed E-state index contributed by atoms with van der Waals surface area (Å²) in [6, 6.07) is 21.9. The number of halogens is 2. The summed E-state index contributed by atoms with van der Waals surface area (Å²) >= 11 is 4.44. The van der Waals surface area contributed by atoms with Crippen LogP contribution in [0.3, 0.4) is 0 Å². The second-order valence-corrected chi connectivity index (χ2v) is 9.56. The maximum absolute atomic E-state index is 13.3. The van der Waals surface area contributed by atoms with Crippen molar-refractivity contribution in [3.05, 3.63) is 111 Å². The van der Waals surface area contributed by atoms with Crippen LogP contribution >= 0.6 is 27.7 Å². The van der Waals surface area contributed by atoms with E-state index in [1.807, 2.05) is 54.7 Å². The third-order valence-electron chi connectivity index (χ3n) is 5.53. The van der Waals surface area contributed by atoms with Gasteiger partial charge in [0.1, 0.15) is 5.82 Å². The van der Waals surface area contributed by atoms with Gasteiger partial charge in [-0.25, -0.2) is 4.39 Å². The molecule has 0 N–H and O–H groups in total. The minimum Gasteiger partial charge on any atom is -0.342 e. The molecule has 0 spiro atoms. The molecule has 1 aliphatic heterocycles. The van der Waals surface area contributed by atoms with Crippen molar-refractivity contribution in [3.8, 4) is 0 Å². The van der Waals surface area contributed by atoms with Crippen LogP contribution in [0.4, 0.5) is 9.18 Å². The monoisotopic (exact) mass is 520 g/mol. The van der Waals surface area contributed by atoms with Gasteiger partial charge in [0.15, 0.2) is 0 Å². The lowest BCUT2D eigenvalue weighted by atomic mass is 10.1. The van der Waals surface area contributed by atoms with Gasteiger partial charge in [-0.05, 0) is 53.2 Å². The Bertz CT molecular complexity index is 1410. The van der Waals surface area contributed by atoms with Gasteiger partial charge in [-0.15, -0.1) is 0 Å². The van der Waals surface area contributed by atoms with Gasteiger partial charge in [-0.3, -0.25) is 14.5 Å². The lowest BCUT2D eigenvalue weighted by Gasteiger charge is -2.13. The largest absolute Gasteiger partial charge is 0.342 e. The molecule has 3 aromatic carbocycles. The van der Waals surface area contributed by atoms with Crippen molar-refractivity contribution < 1.29 is 14.0 Å². The number of amides is 2. The summed E-state index contributed by atoms with van der Waals surface area (Å²) in [6.07, 6.45) is 3.75. The van der Waals surface area contributed by atoms with Crippen molar-refractivity contribution in [1.29, 1.82) is 0 Å². The standard InChI is InChI=1S/C26H18BrFN2O2S/c27-22-7-3-1-5-18(22)16-30-25(31)24(33-26(30)32)13-19-15-29(23-8-4-2-6-21(19)23)14-17-9-11-20(28)12-10-17/h1-13,15H,14,16H2/b24-13-. The van der Waals surface area contributed by atoms with E-state index >= 15 is 0 Å². The van der Waals surface area contributed by atoms with Crippen LogP contribution in [0.15, 0.2) is 88.4 Å². The van der Waals surface area contributed by atoms with E-state index < -0.39 is 0 Å².